The smallest absolute Gasteiger partial charge is 0.680 e. The van der Waals surface area contributed by atoms with Crippen molar-refractivity contribution in [3.63, 3.8) is 0 Å². The van der Waals surface area contributed by atoms with Crippen LogP contribution in [0.4, 0.5) is 0 Å². The maximum absolute atomic E-state index is 5.75. The summed E-state index contributed by atoms with van der Waals surface area (Å²) in [6, 6.07) is 0. The molecular weight excluding hydrogens is 189 g/mol. The molecular formula is C3H12N3NaSr. The summed E-state index contributed by atoms with van der Waals surface area (Å²) in [6.07, 6.45) is 0. The third-order valence-electron chi connectivity index (χ3n) is 0. The summed E-state index contributed by atoms with van der Waals surface area (Å²) < 4.78 is 0. The summed E-state index contributed by atoms with van der Waals surface area (Å²) in [5.41, 5.74) is 17.2. The van der Waals surface area contributed by atoms with Crippen LogP contribution < -0.4 is 29.6 Å². The molecule has 0 bridgehead atoms. The van der Waals surface area contributed by atoms with Crippen LogP contribution in [0.1, 0.15) is 0 Å². The van der Waals surface area contributed by atoms with Crippen LogP contribution in [-0.2, 0) is 0 Å². The molecule has 0 aromatic carbocycles. The average Bonchev–Trinajstić information content (AvgIpc) is 1.81. The van der Waals surface area contributed by atoms with Gasteiger partial charge in [-0.3, -0.25) is 0 Å². The van der Waals surface area contributed by atoms with E-state index in [4.69, 9.17) is 17.2 Å². The second kappa shape index (κ2) is 117. The minimum Gasteiger partial charge on any atom is -0.680 e. The summed E-state index contributed by atoms with van der Waals surface area (Å²) in [4.78, 5) is 0. The normalized spacial score (nSPS) is 2.25. The van der Waals surface area contributed by atoms with Crippen LogP contribution in [0.2, 0.25) is 0 Å². The molecule has 0 aliphatic carbocycles. The Balaban J connectivity index is -0.00000000500. The van der Waals surface area contributed by atoms with Gasteiger partial charge in [-0.25, -0.2) is 0 Å². The van der Waals surface area contributed by atoms with Crippen molar-refractivity contribution in [3.05, 3.63) is 17.2 Å². The van der Waals surface area contributed by atoms with E-state index in [0.717, 1.165) is 0 Å². The van der Waals surface area contributed by atoms with Gasteiger partial charge in [-0.05, 0) is 0 Å². The fourth-order valence-electron chi connectivity index (χ4n) is 0. The molecule has 0 aliphatic rings. The van der Waals surface area contributed by atoms with Crippen LogP contribution in [-0.4, -0.2) is 66.6 Å². The van der Waals surface area contributed by atoms with Crippen molar-refractivity contribution in [3.8, 4) is 0 Å². The molecule has 0 aromatic rings. The zero-order valence-electron chi connectivity index (χ0n) is 6.21. The topological polar surface area (TPSA) is 71.4 Å². The number of hydrogen-bond acceptors (Lipinski definition) is 0. The summed E-state index contributed by atoms with van der Waals surface area (Å²) in [6.45, 7) is 0. The van der Waals surface area contributed by atoms with Crippen LogP contribution in [0.15, 0.2) is 0 Å². The van der Waals surface area contributed by atoms with Gasteiger partial charge in [-0.1, -0.05) is 0 Å². The molecule has 0 amide bonds. The third kappa shape index (κ3) is 81.3. The van der Waals surface area contributed by atoms with E-state index in [2.05, 4.69) is 0 Å². The van der Waals surface area contributed by atoms with E-state index >= 15 is 0 Å². The molecule has 0 saturated carbocycles. The van der Waals surface area contributed by atoms with Crippen LogP contribution in [0, 0.1) is 0 Å². The molecule has 0 unspecified atom stereocenters. The van der Waals surface area contributed by atoms with Crippen molar-refractivity contribution in [2.45, 2.75) is 0 Å². The zero-order chi connectivity index (χ0) is 6.00. The Kier molecular flexibility index (Phi) is 464. The first-order valence-electron chi connectivity index (χ1n) is 1.50. The number of nitrogens with one attached hydrogen (secondary N) is 3. The van der Waals surface area contributed by atoms with E-state index in [1.54, 1.807) is 0 Å². The Morgan fingerprint density at radius 1 is 0.625 bits per heavy atom. The average molecular weight is 201 g/mol. The first kappa shape index (κ1) is 31.6. The predicted molar refractivity (Wildman–Crippen MR) is 36.5 cm³/mol. The van der Waals surface area contributed by atoms with Crippen molar-refractivity contribution < 1.29 is 29.6 Å². The summed E-state index contributed by atoms with van der Waals surface area (Å²) in [7, 11) is 3.75. The van der Waals surface area contributed by atoms with E-state index in [-0.39, 0.29) is 75.0 Å². The quantitative estimate of drug-likeness (QED) is 0.433. The second-order valence-electron chi connectivity index (χ2n) is 0. The fourth-order valence-corrected chi connectivity index (χ4v) is 0. The van der Waals surface area contributed by atoms with Crippen LogP contribution in [0.25, 0.3) is 17.2 Å². The first-order chi connectivity index (χ1) is 3.00. The van der Waals surface area contributed by atoms with E-state index < -0.39 is 0 Å². The Hall–Kier alpha value is 2.36. The molecule has 3 N–H and O–H groups in total. The van der Waals surface area contributed by atoms with Crippen molar-refractivity contribution in [2.24, 2.45) is 0 Å². The van der Waals surface area contributed by atoms with Gasteiger partial charge >= 0.3 is 75.0 Å². The standard InChI is InChI=1S/3CH4N.Na.Sr/c3*1-2;;/h3*2H,1H3;;/q3*-1;+1;+2. The third-order valence-corrected chi connectivity index (χ3v) is 0. The predicted octanol–water partition coefficient (Wildman–Crippen LogP) is -1.37. The largest absolute Gasteiger partial charge is 2.00 e. The van der Waals surface area contributed by atoms with E-state index in [0.29, 0.717) is 0 Å². The monoisotopic (exact) mass is 201 g/mol. The van der Waals surface area contributed by atoms with Gasteiger partial charge in [-0.15, -0.1) is 0 Å². The Bertz CT molecular complexity index is 14.5. The van der Waals surface area contributed by atoms with E-state index in [1.807, 2.05) is 0 Å². The molecule has 3 nitrogen and oxygen atoms in total. The van der Waals surface area contributed by atoms with E-state index in [9.17, 15) is 0 Å². The first-order valence-corrected chi connectivity index (χ1v) is 1.50. The summed E-state index contributed by atoms with van der Waals surface area (Å²) in [5.74, 6) is 0. The van der Waals surface area contributed by atoms with Crippen molar-refractivity contribution in [1.82, 2.24) is 0 Å². The van der Waals surface area contributed by atoms with Gasteiger partial charge in [0.05, 0.1) is 0 Å². The molecule has 0 rings (SSSR count). The van der Waals surface area contributed by atoms with Crippen molar-refractivity contribution in [2.75, 3.05) is 21.1 Å². The van der Waals surface area contributed by atoms with Gasteiger partial charge in [-0.2, -0.15) is 21.1 Å². The molecule has 0 radical (unpaired) electrons. The van der Waals surface area contributed by atoms with Crippen LogP contribution in [0.5, 0.6) is 0 Å². The maximum Gasteiger partial charge on any atom is 2.00 e. The van der Waals surface area contributed by atoms with Gasteiger partial charge in [0.2, 0.25) is 0 Å². The second-order valence-corrected chi connectivity index (χ2v) is 0. The molecule has 0 heterocycles. The summed E-state index contributed by atoms with van der Waals surface area (Å²) >= 11 is 0. The molecule has 42 valence electrons. The van der Waals surface area contributed by atoms with Gasteiger partial charge in [0.15, 0.2) is 0 Å². The van der Waals surface area contributed by atoms with Crippen LogP contribution >= 0.6 is 0 Å². The molecule has 0 atom stereocenters. The van der Waals surface area contributed by atoms with Crippen molar-refractivity contribution in [1.29, 1.82) is 0 Å². The van der Waals surface area contributed by atoms with Crippen LogP contribution in [0.3, 0.4) is 0 Å². The zero-order valence-corrected chi connectivity index (χ0v) is 11.7. The van der Waals surface area contributed by atoms with Gasteiger partial charge < -0.3 is 17.2 Å². The molecule has 0 aliphatic heterocycles. The molecule has 0 fully saturated rings. The van der Waals surface area contributed by atoms with Gasteiger partial charge in [0.1, 0.15) is 0 Å². The maximum atomic E-state index is 5.75. The molecule has 5 heteroatoms. The fraction of sp³-hybridized carbons (Fsp3) is 1.00. The minimum atomic E-state index is 0. The Morgan fingerprint density at radius 2 is 0.625 bits per heavy atom. The molecule has 8 heavy (non-hydrogen) atoms. The number of hydrogen-bond donors (Lipinski definition) is 0. The SMILES string of the molecule is C[NH-].C[NH-].C[NH-].[Na+].[Sr+2]. The van der Waals surface area contributed by atoms with Gasteiger partial charge in [0, 0.05) is 0 Å². The number of rotatable bonds is 0. The molecule has 0 saturated heterocycles. The Morgan fingerprint density at radius 3 is 0.625 bits per heavy atom. The van der Waals surface area contributed by atoms with Gasteiger partial charge in [0.25, 0.3) is 0 Å². The van der Waals surface area contributed by atoms with Crippen molar-refractivity contribution >= 4 is 45.5 Å². The van der Waals surface area contributed by atoms with E-state index in [1.165, 1.54) is 21.1 Å². The molecule has 0 spiro atoms. The molecule has 0 aromatic heterocycles. The summed E-state index contributed by atoms with van der Waals surface area (Å²) in [5, 5.41) is 0. The Labute approximate surface area is 111 Å². The minimum absolute atomic E-state index is 0.